The number of hydrogen-bond acceptors (Lipinski definition) is 3. The van der Waals surface area contributed by atoms with Crippen molar-refractivity contribution in [2.45, 2.75) is 12.8 Å². The zero-order chi connectivity index (χ0) is 11.1. The van der Waals surface area contributed by atoms with E-state index < -0.39 is 0 Å². The van der Waals surface area contributed by atoms with E-state index in [4.69, 9.17) is 4.98 Å². The fourth-order valence-corrected chi connectivity index (χ4v) is 3.97. The van der Waals surface area contributed by atoms with E-state index in [-0.39, 0.29) is 0 Å². The molecule has 84 valence electrons. The number of halogens is 1. The fraction of sp³-hybridized carbons (Fsp3) is 0.417. The molecule has 4 heteroatoms. The second-order valence-electron chi connectivity index (χ2n) is 4.41. The van der Waals surface area contributed by atoms with Crippen LogP contribution in [0.2, 0.25) is 0 Å². The van der Waals surface area contributed by atoms with E-state index in [2.05, 4.69) is 46.4 Å². The number of nitrogens with zero attached hydrogens (tertiary/aromatic N) is 1. The number of hydrogen-bond donors (Lipinski definition) is 1. The first kappa shape index (κ1) is 10.7. The summed E-state index contributed by atoms with van der Waals surface area (Å²) in [5.41, 5.74) is 1.13. The maximum absolute atomic E-state index is 4.74. The van der Waals surface area contributed by atoms with Crippen LogP contribution in [0.1, 0.15) is 17.8 Å². The molecule has 0 amide bonds. The quantitative estimate of drug-likeness (QED) is 0.873. The minimum atomic E-state index is 0.594. The normalized spacial score (nSPS) is 25.4. The molecule has 3 rings (SSSR count). The molecule has 2 atom stereocenters. The molecule has 1 aliphatic rings. The van der Waals surface area contributed by atoms with E-state index >= 15 is 0 Å². The maximum Gasteiger partial charge on any atom is 0.0985 e. The minimum Gasteiger partial charge on any atom is -0.316 e. The van der Waals surface area contributed by atoms with Crippen LogP contribution in [0.15, 0.2) is 22.7 Å². The highest BCUT2D eigenvalue weighted by Gasteiger charge is 2.27. The standard InChI is InChI=1S/C12H13BrN2S/c1-7-5-14-6-9(7)12-15-10-3-2-8(13)4-11(10)16-12/h2-4,7,9,14H,5-6H2,1H3. The van der Waals surface area contributed by atoms with Crippen LogP contribution in [0.4, 0.5) is 0 Å². The lowest BCUT2D eigenvalue weighted by Gasteiger charge is -2.09. The summed E-state index contributed by atoms with van der Waals surface area (Å²) in [4.78, 5) is 4.74. The highest BCUT2D eigenvalue weighted by atomic mass is 79.9. The van der Waals surface area contributed by atoms with Gasteiger partial charge in [-0.2, -0.15) is 0 Å². The molecule has 0 radical (unpaired) electrons. The van der Waals surface area contributed by atoms with Crippen molar-refractivity contribution in [3.63, 3.8) is 0 Å². The van der Waals surface area contributed by atoms with Crippen LogP contribution >= 0.6 is 27.3 Å². The third-order valence-corrected chi connectivity index (χ3v) is 4.85. The van der Waals surface area contributed by atoms with Gasteiger partial charge in [-0.25, -0.2) is 4.98 Å². The second kappa shape index (κ2) is 4.09. The summed E-state index contributed by atoms with van der Waals surface area (Å²) >= 11 is 5.33. The van der Waals surface area contributed by atoms with Gasteiger partial charge in [0.25, 0.3) is 0 Å². The molecule has 1 aromatic carbocycles. The molecule has 16 heavy (non-hydrogen) atoms. The molecule has 2 aromatic rings. The molecule has 0 spiro atoms. The SMILES string of the molecule is CC1CNCC1c1nc2ccc(Br)cc2s1. The molecule has 0 saturated carbocycles. The zero-order valence-corrected chi connectivity index (χ0v) is 11.4. The molecule has 2 heterocycles. The van der Waals surface area contributed by atoms with Crippen molar-refractivity contribution in [2.24, 2.45) is 5.92 Å². The molecule has 1 N–H and O–H groups in total. The van der Waals surface area contributed by atoms with Gasteiger partial charge in [0, 0.05) is 16.9 Å². The maximum atomic E-state index is 4.74. The summed E-state index contributed by atoms with van der Waals surface area (Å²) in [7, 11) is 0. The predicted octanol–water partition coefficient (Wildman–Crippen LogP) is 3.38. The lowest BCUT2D eigenvalue weighted by atomic mass is 9.99. The molecular weight excluding hydrogens is 284 g/mol. The Kier molecular flexibility index (Phi) is 2.73. The first-order valence-electron chi connectivity index (χ1n) is 5.51. The first-order chi connectivity index (χ1) is 7.74. The third-order valence-electron chi connectivity index (χ3n) is 3.20. The van der Waals surface area contributed by atoms with Crippen molar-refractivity contribution in [3.8, 4) is 0 Å². The number of thiazole rings is 1. The monoisotopic (exact) mass is 296 g/mol. The Bertz CT molecular complexity index is 523. The molecule has 2 unspecified atom stereocenters. The van der Waals surface area contributed by atoms with Gasteiger partial charge in [-0.1, -0.05) is 22.9 Å². The molecule has 2 nitrogen and oxygen atoms in total. The Morgan fingerprint density at radius 3 is 3.06 bits per heavy atom. The van der Waals surface area contributed by atoms with Crippen LogP contribution in [0.25, 0.3) is 10.2 Å². The van der Waals surface area contributed by atoms with E-state index in [9.17, 15) is 0 Å². The average molecular weight is 297 g/mol. The van der Waals surface area contributed by atoms with Crippen LogP contribution in [0.3, 0.4) is 0 Å². The number of rotatable bonds is 1. The van der Waals surface area contributed by atoms with Crippen molar-refractivity contribution in [1.82, 2.24) is 10.3 Å². The van der Waals surface area contributed by atoms with E-state index in [0.717, 1.165) is 23.1 Å². The third kappa shape index (κ3) is 1.79. The summed E-state index contributed by atoms with van der Waals surface area (Å²) in [5, 5.41) is 4.72. The molecule has 0 aliphatic carbocycles. The number of nitrogens with one attached hydrogen (secondary N) is 1. The van der Waals surface area contributed by atoms with Gasteiger partial charge < -0.3 is 5.32 Å². The van der Waals surface area contributed by atoms with E-state index in [1.54, 1.807) is 0 Å². The summed E-state index contributed by atoms with van der Waals surface area (Å²) < 4.78 is 2.41. The topological polar surface area (TPSA) is 24.9 Å². The smallest absolute Gasteiger partial charge is 0.0985 e. The van der Waals surface area contributed by atoms with Crippen LogP contribution in [0.5, 0.6) is 0 Å². The molecule has 1 aliphatic heterocycles. The van der Waals surface area contributed by atoms with Gasteiger partial charge in [-0.3, -0.25) is 0 Å². The van der Waals surface area contributed by atoms with Gasteiger partial charge in [0.1, 0.15) is 0 Å². The van der Waals surface area contributed by atoms with Gasteiger partial charge >= 0.3 is 0 Å². The summed E-state index contributed by atoms with van der Waals surface area (Å²) in [6.07, 6.45) is 0. The Morgan fingerprint density at radius 1 is 1.44 bits per heavy atom. The van der Waals surface area contributed by atoms with Gasteiger partial charge in [0.2, 0.25) is 0 Å². The fourth-order valence-electron chi connectivity index (χ4n) is 2.22. The van der Waals surface area contributed by atoms with Crippen LogP contribution < -0.4 is 5.32 Å². The highest BCUT2D eigenvalue weighted by Crippen LogP contribution is 2.34. The Hall–Kier alpha value is -0.450. The van der Waals surface area contributed by atoms with Gasteiger partial charge in [0.15, 0.2) is 0 Å². The Balaban J connectivity index is 2.04. The van der Waals surface area contributed by atoms with Gasteiger partial charge in [0.05, 0.1) is 15.2 Å². The largest absolute Gasteiger partial charge is 0.316 e. The molecule has 0 bridgehead atoms. The summed E-state index contributed by atoms with van der Waals surface area (Å²) in [6.45, 7) is 4.49. The number of aromatic nitrogens is 1. The van der Waals surface area contributed by atoms with Gasteiger partial charge in [-0.05, 0) is 30.7 Å². The van der Waals surface area contributed by atoms with Crippen molar-refractivity contribution in [2.75, 3.05) is 13.1 Å². The van der Waals surface area contributed by atoms with E-state index in [0.29, 0.717) is 11.8 Å². The first-order valence-corrected chi connectivity index (χ1v) is 7.11. The lowest BCUT2D eigenvalue weighted by molar-refractivity contribution is 0.570. The lowest BCUT2D eigenvalue weighted by Crippen LogP contribution is -2.07. The van der Waals surface area contributed by atoms with Crippen LogP contribution in [-0.2, 0) is 0 Å². The van der Waals surface area contributed by atoms with E-state index in [1.165, 1.54) is 9.71 Å². The Morgan fingerprint density at radius 2 is 2.31 bits per heavy atom. The van der Waals surface area contributed by atoms with E-state index in [1.807, 2.05) is 11.3 Å². The highest BCUT2D eigenvalue weighted by molar-refractivity contribution is 9.10. The number of benzene rings is 1. The van der Waals surface area contributed by atoms with Gasteiger partial charge in [-0.15, -0.1) is 11.3 Å². The molecule has 1 aromatic heterocycles. The number of fused-ring (bicyclic) bond motifs is 1. The summed E-state index contributed by atoms with van der Waals surface area (Å²) in [6, 6.07) is 6.30. The van der Waals surface area contributed by atoms with Crippen molar-refractivity contribution >= 4 is 37.5 Å². The predicted molar refractivity (Wildman–Crippen MR) is 72.1 cm³/mol. The molecule has 1 saturated heterocycles. The summed E-state index contributed by atoms with van der Waals surface area (Å²) in [5.74, 6) is 1.29. The second-order valence-corrected chi connectivity index (χ2v) is 6.38. The average Bonchev–Trinajstić information content (AvgIpc) is 2.82. The minimum absolute atomic E-state index is 0.594. The van der Waals surface area contributed by atoms with Crippen molar-refractivity contribution in [1.29, 1.82) is 0 Å². The van der Waals surface area contributed by atoms with Crippen molar-refractivity contribution in [3.05, 3.63) is 27.7 Å². The molecular formula is C12H13BrN2S. The van der Waals surface area contributed by atoms with Crippen LogP contribution in [0, 0.1) is 5.92 Å². The van der Waals surface area contributed by atoms with Crippen LogP contribution in [-0.4, -0.2) is 18.1 Å². The van der Waals surface area contributed by atoms with Crippen molar-refractivity contribution < 1.29 is 0 Å². The molecule has 1 fully saturated rings. The Labute approximate surface area is 107 Å². The zero-order valence-electron chi connectivity index (χ0n) is 9.03.